The van der Waals surface area contributed by atoms with E-state index in [2.05, 4.69) is 44.1 Å². The van der Waals surface area contributed by atoms with Gasteiger partial charge in [0.05, 0.1) is 19.4 Å². The molecule has 0 spiro atoms. The van der Waals surface area contributed by atoms with Gasteiger partial charge in [0.15, 0.2) is 0 Å². The molecule has 1 saturated heterocycles. The van der Waals surface area contributed by atoms with Crippen LogP contribution in [-0.2, 0) is 57.5 Å². The summed E-state index contributed by atoms with van der Waals surface area (Å²) in [5, 5.41) is 57.7. The highest BCUT2D eigenvalue weighted by Gasteiger charge is 2.40. The van der Waals surface area contributed by atoms with Crippen molar-refractivity contribution in [3.05, 3.63) is 0 Å². The SMILES string of the molecule is CCCCCCCCCC(=O)N[C@@H](C)C(=O)N[C@@H](CCCCN)C(=O)N[C@@H](C)C(=O)N1CCC[C@H]1C(=O)N[C@@H](CO)C(=O)N[C@@H](CCCCN)C(=O)N[C@H](C(=O)N[C@@H](CC(=O)O)C(=O)N[C@@H](CC(=O)O)C(=O)O)[C@@H](C)CC. The second-order valence-electron chi connectivity index (χ2n) is 19.5. The first-order chi connectivity index (χ1) is 36.5. The summed E-state index contributed by atoms with van der Waals surface area (Å²) in [6.07, 6.45) is 7.74. The first-order valence-electron chi connectivity index (χ1n) is 26.9. The predicted molar refractivity (Wildman–Crippen MR) is 279 cm³/mol. The van der Waals surface area contributed by atoms with Gasteiger partial charge in [-0.1, -0.05) is 65.7 Å². The molecule has 77 heavy (non-hydrogen) atoms. The van der Waals surface area contributed by atoms with E-state index < -0.39 is 145 Å². The number of hydrogen-bond acceptors (Lipinski definition) is 15. The molecule has 1 fully saturated rings. The van der Waals surface area contributed by atoms with Gasteiger partial charge < -0.3 is 79.3 Å². The number of likely N-dealkylation sites (tertiary alicyclic amines) is 1. The number of aliphatic carboxylic acids is 3. The average molecular weight is 1100 g/mol. The van der Waals surface area contributed by atoms with Crippen LogP contribution >= 0.6 is 0 Å². The number of carbonyl (C=O) groups excluding carboxylic acids is 9. The standard InChI is InChI=1S/C50H87N11O16/c1-6-8-9-10-11-12-13-22-38(63)53-30(4)42(68)55-32(19-14-16-23-51)43(69)54-31(5)49(75)61-25-18-21-37(61)47(73)59-36(28-62)46(72)56-33(20-15-17-24-52)44(70)60-41(29(3)7-2)48(74)57-34(26-39(64)65)45(71)58-35(50(76)77)27-40(66)67/h29-37,41,62H,6-28,51-52H2,1-5H3,(H,53,63)(H,54,69)(H,55,68)(H,56,72)(H,57,74)(H,58,71)(H,59,73)(H,60,70)(H,64,65)(H,66,67)(H,76,77)/t29-,30-,31-,32-,33-,34-,35-,36-,37-,41-/m0/s1. The maximum Gasteiger partial charge on any atom is 0.326 e. The highest BCUT2D eigenvalue weighted by atomic mass is 16.4. The van der Waals surface area contributed by atoms with Crippen LogP contribution in [0.1, 0.15) is 157 Å². The Morgan fingerprint density at radius 3 is 1.56 bits per heavy atom. The van der Waals surface area contributed by atoms with Gasteiger partial charge in [-0.25, -0.2) is 4.79 Å². The monoisotopic (exact) mass is 1100 g/mol. The summed E-state index contributed by atoms with van der Waals surface area (Å²) < 4.78 is 0. The minimum absolute atomic E-state index is 0.0685. The van der Waals surface area contributed by atoms with Crippen LogP contribution in [0.25, 0.3) is 0 Å². The van der Waals surface area contributed by atoms with Crippen molar-refractivity contribution in [1.82, 2.24) is 47.4 Å². The van der Waals surface area contributed by atoms with E-state index in [4.69, 9.17) is 16.6 Å². The van der Waals surface area contributed by atoms with Gasteiger partial charge in [-0.15, -0.1) is 0 Å². The molecule has 1 aliphatic rings. The van der Waals surface area contributed by atoms with Gasteiger partial charge in [-0.2, -0.15) is 0 Å². The number of carbonyl (C=O) groups is 12. The molecule has 16 N–H and O–H groups in total. The van der Waals surface area contributed by atoms with E-state index in [-0.39, 0.29) is 57.5 Å². The van der Waals surface area contributed by atoms with E-state index in [1.54, 1.807) is 13.8 Å². The van der Waals surface area contributed by atoms with Crippen LogP contribution in [0.15, 0.2) is 0 Å². The number of carboxylic acids is 3. The molecule has 0 radical (unpaired) electrons. The lowest BCUT2D eigenvalue weighted by Crippen LogP contribution is -2.61. The fourth-order valence-electron chi connectivity index (χ4n) is 8.35. The van der Waals surface area contributed by atoms with Crippen LogP contribution in [0, 0.1) is 5.92 Å². The molecule has 27 nitrogen and oxygen atoms in total. The van der Waals surface area contributed by atoms with E-state index in [9.17, 15) is 72.9 Å². The minimum atomic E-state index is -1.98. The lowest BCUT2D eigenvalue weighted by Gasteiger charge is -2.30. The topological polar surface area (TPSA) is 437 Å². The fourth-order valence-corrected chi connectivity index (χ4v) is 8.35. The molecular formula is C50H87N11O16. The first kappa shape index (κ1) is 68.5. The normalized spacial score (nSPS) is 16.6. The van der Waals surface area contributed by atoms with E-state index in [1.807, 2.05) is 5.32 Å². The van der Waals surface area contributed by atoms with E-state index in [0.717, 1.165) is 32.1 Å². The predicted octanol–water partition coefficient (Wildman–Crippen LogP) is -1.63. The molecule has 1 rings (SSSR count). The Balaban J connectivity index is 3.16. The van der Waals surface area contributed by atoms with Crippen LogP contribution < -0.4 is 54.0 Å². The number of hydrogen-bond donors (Lipinski definition) is 14. The molecule has 0 aromatic carbocycles. The maximum atomic E-state index is 13.9. The molecule has 0 aliphatic carbocycles. The molecule has 10 atom stereocenters. The van der Waals surface area contributed by atoms with Crippen LogP contribution in [0.4, 0.5) is 0 Å². The summed E-state index contributed by atoms with van der Waals surface area (Å²) in [5.41, 5.74) is 11.3. The first-order valence-corrected chi connectivity index (χ1v) is 26.9. The lowest BCUT2D eigenvalue weighted by molar-refractivity contribution is -0.148. The summed E-state index contributed by atoms with van der Waals surface area (Å²) in [6, 6.07) is -12.9. The zero-order valence-corrected chi connectivity index (χ0v) is 45.3. The van der Waals surface area contributed by atoms with Crippen molar-refractivity contribution in [1.29, 1.82) is 0 Å². The molecule has 1 aliphatic heterocycles. The smallest absolute Gasteiger partial charge is 0.326 e. The number of carboxylic acid groups (broad SMARTS) is 3. The van der Waals surface area contributed by atoms with E-state index in [1.165, 1.54) is 25.2 Å². The summed E-state index contributed by atoms with van der Waals surface area (Å²) in [6.45, 7) is 7.88. The Bertz CT molecular complexity index is 1980. The fraction of sp³-hybridized carbons (Fsp3) is 0.760. The Morgan fingerprint density at radius 1 is 0.532 bits per heavy atom. The number of nitrogens with one attached hydrogen (secondary N) is 8. The molecule has 1 heterocycles. The molecule has 0 aromatic rings. The quantitative estimate of drug-likeness (QED) is 0.0306. The van der Waals surface area contributed by atoms with E-state index >= 15 is 0 Å². The van der Waals surface area contributed by atoms with Gasteiger partial charge in [0, 0.05) is 13.0 Å². The van der Waals surface area contributed by atoms with Crippen molar-refractivity contribution in [2.75, 3.05) is 26.2 Å². The number of unbranched alkanes of at least 4 members (excludes halogenated alkanes) is 8. The molecule has 0 unspecified atom stereocenters. The second kappa shape index (κ2) is 37.3. The zero-order chi connectivity index (χ0) is 58.2. The third-order valence-electron chi connectivity index (χ3n) is 13.1. The third-order valence-corrected chi connectivity index (χ3v) is 13.1. The Labute approximate surface area is 450 Å². The van der Waals surface area contributed by atoms with Gasteiger partial charge in [0.2, 0.25) is 53.2 Å². The Kier molecular flexibility index (Phi) is 33.2. The van der Waals surface area contributed by atoms with Crippen molar-refractivity contribution >= 4 is 71.1 Å². The van der Waals surface area contributed by atoms with Gasteiger partial charge in [0.1, 0.15) is 54.4 Å². The molecule has 438 valence electrons. The Hall–Kier alpha value is -6.48. The van der Waals surface area contributed by atoms with Gasteiger partial charge in [-0.05, 0) is 90.6 Å². The number of rotatable bonds is 40. The van der Waals surface area contributed by atoms with Crippen molar-refractivity contribution in [3.8, 4) is 0 Å². The highest BCUT2D eigenvalue weighted by molar-refractivity contribution is 5.99. The number of aliphatic hydroxyl groups excluding tert-OH is 1. The number of amides is 9. The Morgan fingerprint density at radius 2 is 1.03 bits per heavy atom. The number of nitrogens with zero attached hydrogens (tertiary/aromatic N) is 1. The van der Waals surface area contributed by atoms with Crippen molar-refractivity contribution in [3.63, 3.8) is 0 Å². The largest absolute Gasteiger partial charge is 0.481 e. The molecule has 0 saturated carbocycles. The maximum absolute atomic E-state index is 13.9. The molecule has 0 aromatic heterocycles. The third kappa shape index (κ3) is 25.9. The van der Waals surface area contributed by atoms with Gasteiger partial charge >= 0.3 is 17.9 Å². The van der Waals surface area contributed by atoms with Crippen LogP contribution in [0.2, 0.25) is 0 Å². The molecule has 0 bridgehead atoms. The van der Waals surface area contributed by atoms with Crippen molar-refractivity contribution in [2.45, 2.75) is 211 Å². The highest BCUT2D eigenvalue weighted by Crippen LogP contribution is 2.20. The summed E-state index contributed by atoms with van der Waals surface area (Å²) >= 11 is 0. The molecular weight excluding hydrogens is 1010 g/mol. The average Bonchev–Trinajstić information content (AvgIpc) is 3.87. The second-order valence-corrected chi connectivity index (χ2v) is 19.5. The summed E-state index contributed by atoms with van der Waals surface area (Å²) in [7, 11) is 0. The minimum Gasteiger partial charge on any atom is -0.481 e. The van der Waals surface area contributed by atoms with Gasteiger partial charge in [-0.3, -0.25) is 52.7 Å². The number of nitrogens with two attached hydrogens (primary N) is 2. The van der Waals surface area contributed by atoms with Gasteiger partial charge in [0.25, 0.3) is 0 Å². The van der Waals surface area contributed by atoms with E-state index in [0.29, 0.717) is 38.6 Å². The number of aliphatic hydroxyl groups is 1. The lowest BCUT2D eigenvalue weighted by atomic mass is 9.96. The van der Waals surface area contributed by atoms with Crippen molar-refractivity contribution < 1.29 is 78.0 Å². The summed E-state index contributed by atoms with van der Waals surface area (Å²) in [4.78, 5) is 157. The summed E-state index contributed by atoms with van der Waals surface area (Å²) in [5.74, 6) is -13.1. The molecule has 9 amide bonds. The van der Waals surface area contributed by atoms with Crippen molar-refractivity contribution in [2.24, 2.45) is 17.4 Å². The van der Waals surface area contributed by atoms with Crippen LogP contribution in [0.3, 0.4) is 0 Å². The van der Waals surface area contributed by atoms with Crippen LogP contribution in [-0.4, -0.2) is 177 Å². The van der Waals surface area contributed by atoms with Crippen LogP contribution in [0.5, 0.6) is 0 Å². The zero-order valence-electron chi connectivity index (χ0n) is 45.3. The molecule has 27 heteroatoms.